The molecule has 1 fully saturated rings. The average Bonchev–Trinajstić information content (AvgIpc) is 2.86. The van der Waals surface area contributed by atoms with E-state index in [2.05, 4.69) is 21.0 Å². The zero-order chi connectivity index (χ0) is 23.2. The molecule has 33 heavy (non-hydrogen) atoms. The molecule has 4 rings (SSSR count). The van der Waals surface area contributed by atoms with Crippen molar-refractivity contribution in [3.8, 4) is 23.2 Å². The quantitative estimate of drug-likeness (QED) is 0.545. The normalized spacial score (nSPS) is 14.5. The zero-order valence-electron chi connectivity index (χ0n) is 18.8. The van der Waals surface area contributed by atoms with Crippen LogP contribution in [0.15, 0.2) is 42.7 Å². The molecule has 1 atom stereocenters. The van der Waals surface area contributed by atoms with Crippen LogP contribution in [0.5, 0.6) is 5.88 Å². The summed E-state index contributed by atoms with van der Waals surface area (Å²) in [4.78, 5) is 29.7. The first-order valence-corrected chi connectivity index (χ1v) is 10.8. The summed E-state index contributed by atoms with van der Waals surface area (Å²) in [6, 6.07) is 12.1. The van der Waals surface area contributed by atoms with E-state index < -0.39 is 5.92 Å². The minimum Gasteiger partial charge on any atom is -0.475 e. The van der Waals surface area contributed by atoms with Gasteiger partial charge in [-0.15, -0.1) is 0 Å². The van der Waals surface area contributed by atoms with Gasteiger partial charge in [0.15, 0.2) is 5.52 Å². The molecule has 1 saturated heterocycles. The number of pyridine rings is 1. The third kappa shape index (κ3) is 5.35. The summed E-state index contributed by atoms with van der Waals surface area (Å²) >= 11 is 0. The van der Waals surface area contributed by atoms with E-state index in [9.17, 15) is 10.1 Å². The third-order valence-electron chi connectivity index (χ3n) is 5.49. The van der Waals surface area contributed by atoms with Crippen molar-refractivity contribution in [3.63, 3.8) is 0 Å². The standard InChI is InChI=1S/C24H26N6O3/c1-29(2)19-5-3-18(4-6-19)20-14-21-23(27-8-7-26-21)24(28-20)33-16-17(15-25)13-22(31)30-9-11-32-12-10-30/h3-8,14,17H,9-13,16H2,1-2H3/t17-/m0/s1. The van der Waals surface area contributed by atoms with E-state index in [0.29, 0.717) is 48.9 Å². The molecule has 170 valence electrons. The first kappa shape index (κ1) is 22.4. The molecule has 1 aliphatic rings. The van der Waals surface area contributed by atoms with Gasteiger partial charge in [-0.2, -0.15) is 5.26 Å². The van der Waals surface area contributed by atoms with Crippen molar-refractivity contribution in [3.05, 3.63) is 42.7 Å². The molecular weight excluding hydrogens is 420 g/mol. The lowest BCUT2D eigenvalue weighted by atomic mass is 10.1. The van der Waals surface area contributed by atoms with E-state index >= 15 is 0 Å². The Morgan fingerprint density at radius 2 is 1.94 bits per heavy atom. The van der Waals surface area contributed by atoms with E-state index in [1.165, 1.54) is 0 Å². The molecule has 1 amide bonds. The van der Waals surface area contributed by atoms with Gasteiger partial charge in [0.25, 0.3) is 0 Å². The molecule has 1 aromatic carbocycles. The van der Waals surface area contributed by atoms with Gasteiger partial charge in [0, 0.05) is 57.3 Å². The second-order valence-corrected chi connectivity index (χ2v) is 8.01. The van der Waals surface area contributed by atoms with Crippen LogP contribution >= 0.6 is 0 Å². The molecule has 9 heteroatoms. The Morgan fingerprint density at radius 1 is 1.21 bits per heavy atom. The fourth-order valence-electron chi connectivity index (χ4n) is 3.60. The summed E-state index contributed by atoms with van der Waals surface area (Å²) < 4.78 is 11.2. The van der Waals surface area contributed by atoms with Crippen molar-refractivity contribution in [2.24, 2.45) is 5.92 Å². The minimum atomic E-state index is -0.600. The molecule has 3 heterocycles. The van der Waals surface area contributed by atoms with Crippen LogP contribution < -0.4 is 9.64 Å². The van der Waals surface area contributed by atoms with Gasteiger partial charge < -0.3 is 19.3 Å². The van der Waals surface area contributed by atoms with Crippen LogP contribution in [0, 0.1) is 17.2 Å². The van der Waals surface area contributed by atoms with Gasteiger partial charge in [0.2, 0.25) is 11.8 Å². The van der Waals surface area contributed by atoms with Crippen LogP contribution in [0.25, 0.3) is 22.3 Å². The van der Waals surface area contributed by atoms with Crippen LogP contribution in [0.2, 0.25) is 0 Å². The second-order valence-electron chi connectivity index (χ2n) is 8.01. The molecule has 2 aromatic heterocycles. The van der Waals surface area contributed by atoms with E-state index in [1.54, 1.807) is 17.3 Å². The maximum absolute atomic E-state index is 12.5. The number of morpholine rings is 1. The molecule has 0 spiro atoms. The maximum Gasteiger partial charge on any atom is 0.242 e. The van der Waals surface area contributed by atoms with Crippen LogP contribution in [-0.2, 0) is 9.53 Å². The molecule has 0 unspecified atom stereocenters. The SMILES string of the molecule is CN(C)c1ccc(-c2cc3nccnc3c(OC[C@H](C#N)CC(=O)N3CCOCC3)n2)cc1. The lowest BCUT2D eigenvalue weighted by molar-refractivity contribution is -0.136. The van der Waals surface area contributed by atoms with Gasteiger partial charge in [-0.05, 0) is 18.2 Å². The number of rotatable bonds is 7. The number of hydrogen-bond donors (Lipinski definition) is 0. The minimum absolute atomic E-state index is 0.0360. The number of fused-ring (bicyclic) bond motifs is 1. The highest BCUT2D eigenvalue weighted by molar-refractivity contribution is 5.83. The van der Waals surface area contributed by atoms with Crippen LogP contribution in [0.1, 0.15) is 6.42 Å². The smallest absolute Gasteiger partial charge is 0.242 e. The molecule has 1 aliphatic heterocycles. The fourth-order valence-corrected chi connectivity index (χ4v) is 3.60. The lowest BCUT2D eigenvalue weighted by Crippen LogP contribution is -2.41. The molecule has 0 bridgehead atoms. The van der Waals surface area contributed by atoms with Crippen LogP contribution in [0.3, 0.4) is 0 Å². The summed E-state index contributed by atoms with van der Waals surface area (Å²) in [7, 11) is 3.97. The van der Waals surface area contributed by atoms with Gasteiger partial charge in [-0.25, -0.2) is 9.97 Å². The van der Waals surface area contributed by atoms with Crippen molar-refractivity contribution in [2.45, 2.75) is 6.42 Å². The summed E-state index contributed by atoms with van der Waals surface area (Å²) in [5.41, 5.74) is 3.85. The zero-order valence-corrected chi connectivity index (χ0v) is 18.8. The van der Waals surface area contributed by atoms with Crippen molar-refractivity contribution >= 4 is 22.6 Å². The number of aromatic nitrogens is 3. The van der Waals surface area contributed by atoms with Gasteiger partial charge in [0.05, 0.1) is 36.4 Å². The number of anilines is 1. The number of nitriles is 1. The Morgan fingerprint density at radius 3 is 2.64 bits per heavy atom. The Kier molecular flexibility index (Phi) is 6.95. The number of benzene rings is 1. The summed E-state index contributed by atoms with van der Waals surface area (Å²) in [5.74, 6) is -0.371. The highest BCUT2D eigenvalue weighted by atomic mass is 16.5. The lowest BCUT2D eigenvalue weighted by Gasteiger charge is -2.27. The largest absolute Gasteiger partial charge is 0.475 e. The average molecular weight is 447 g/mol. The third-order valence-corrected chi connectivity index (χ3v) is 5.49. The molecule has 9 nitrogen and oxygen atoms in total. The van der Waals surface area contributed by atoms with Crippen LogP contribution in [0.4, 0.5) is 5.69 Å². The summed E-state index contributed by atoms with van der Waals surface area (Å²) in [6.45, 7) is 2.18. The molecule has 3 aromatic rings. The van der Waals surface area contributed by atoms with E-state index in [1.807, 2.05) is 49.3 Å². The van der Waals surface area contributed by atoms with Gasteiger partial charge >= 0.3 is 0 Å². The van der Waals surface area contributed by atoms with Crippen molar-refractivity contribution in [2.75, 3.05) is 51.9 Å². The number of carbonyl (C=O) groups is 1. The van der Waals surface area contributed by atoms with Gasteiger partial charge in [0.1, 0.15) is 6.61 Å². The van der Waals surface area contributed by atoms with Gasteiger partial charge in [-0.1, -0.05) is 12.1 Å². The monoisotopic (exact) mass is 446 g/mol. The van der Waals surface area contributed by atoms with Crippen molar-refractivity contribution in [1.29, 1.82) is 5.26 Å². The van der Waals surface area contributed by atoms with E-state index in [-0.39, 0.29) is 18.9 Å². The Balaban J connectivity index is 1.53. The topological polar surface area (TPSA) is 104 Å². The number of ether oxygens (including phenoxy) is 2. The highest BCUT2D eigenvalue weighted by Gasteiger charge is 2.22. The van der Waals surface area contributed by atoms with Crippen molar-refractivity contribution < 1.29 is 14.3 Å². The van der Waals surface area contributed by atoms with Crippen molar-refractivity contribution in [1.82, 2.24) is 19.9 Å². The Labute approximate surface area is 192 Å². The van der Waals surface area contributed by atoms with E-state index in [0.717, 1.165) is 11.3 Å². The summed E-state index contributed by atoms with van der Waals surface area (Å²) in [5, 5.41) is 9.59. The predicted molar refractivity (Wildman–Crippen MR) is 124 cm³/mol. The maximum atomic E-state index is 12.5. The molecule has 0 radical (unpaired) electrons. The fraction of sp³-hybridized carbons (Fsp3) is 0.375. The predicted octanol–water partition coefficient (Wildman–Crippen LogP) is 2.53. The second kappa shape index (κ2) is 10.2. The molecular formula is C24H26N6O3. The van der Waals surface area contributed by atoms with E-state index in [4.69, 9.17) is 9.47 Å². The Hall–Kier alpha value is -3.77. The Bertz CT molecular complexity index is 1150. The summed E-state index contributed by atoms with van der Waals surface area (Å²) in [6.07, 6.45) is 3.28. The van der Waals surface area contributed by atoms with Gasteiger partial charge in [-0.3, -0.25) is 9.78 Å². The number of nitrogens with zero attached hydrogens (tertiary/aromatic N) is 6. The molecule has 0 N–H and O–H groups in total. The number of hydrogen-bond acceptors (Lipinski definition) is 8. The highest BCUT2D eigenvalue weighted by Crippen LogP contribution is 2.28. The van der Waals surface area contributed by atoms with Crippen LogP contribution in [-0.4, -0.2) is 72.8 Å². The first-order chi connectivity index (χ1) is 16.0. The first-order valence-electron chi connectivity index (χ1n) is 10.8. The molecule has 0 saturated carbocycles. The number of carbonyl (C=O) groups excluding carboxylic acids is 1. The molecule has 0 aliphatic carbocycles. The number of amides is 1.